The first-order valence-electron chi connectivity index (χ1n) is 6.51. The van der Waals surface area contributed by atoms with Gasteiger partial charge in [0.25, 0.3) is 0 Å². The smallest absolute Gasteiger partial charge is 0.417 e. The Labute approximate surface area is 133 Å². The van der Waals surface area contributed by atoms with Crippen LogP contribution in [0.25, 0.3) is 0 Å². The van der Waals surface area contributed by atoms with Crippen molar-refractivity contribution in [3.8, 4) is 17.2 Å². The number of ether oxygens (including phenoxy) is 3. The topological polar surface area (TPSA) is 56.8 Å². The number of anilines is 1. The Morgan fingerprint density at radius 3 is 2.27 bits per heavy atom. The van der Waals surface area contributed by atoms with E-state index in [0.29, 0.717) is 17.2 Å². The number of benzene rings is 2. The number of carbonyl (C=O) groups is 1. The molecular formula is C16H17NO4S. The maximum absolute atomic E-state index is 12.1. The minimum atomic E-state index is -0.610. The molecule has 0 saturated heterocycles. The molecule has 0 bridgehead atoms. The summed E-state index contributed by atoms with van der Waals surface area (Å²) in [5.41, 5.74) is 0.658. The Bertz CT molecular complexity index is 638. The summed E-state index contributed by atoms with van der Waals surface area (Å²) in [6.45, 7) is 0. The number of carbonyl (C=O) groups excluding carboxylic acids is 1. The van der Waals surface area contributed by atoms with Crippen molar-refractivity contribution >= 4 is 23.5 Å². The summed E-state index contributed by atoms with van der Waals surface area (Å²) in [5.74, 6) is 1.09. The number of methoxy groups -OCH3 is 2. The molecule has 6 heteroatoms. The summed E-state index contributed by atoms with van der Waals surface area (Å²) in [7, 11) is 3.00. The van der Waals surface area contributed by atoms with Gasteiger partial charge in [-0.25, -0.2) is 4.79 Å². The monoisotopic (exact) mass is 319 g/mol. The van der Waals surface area contributed by atoms with Crippen LogP contribution in [0, 0.1) is 0 Å². The van der Waals surface area contributed by atoms with E-state index in [9.17, 15) is 4.79 Å². The van der Waals surface area contributed by atoms with Crippen LogP contribution in [-0.2, 0) is 0 Å². The Morgan fingerprint density at radius 1 is 1.05 bits per heavy atom. The van der Waals surface area contributed by atoms with Gasteiger partial charge in [0.15, 0.2) is 11.5 Å². The lowest BCUT2D eigenvalue weighted by molar-refractivity contribution is 0.210. The lowest BCUT2D eigenvalue weighted by Gasteiger charge is -2.13. The van der Waals surface area contributed by atoms with Crippen LogP contribution < -0.4 is 19.5 Å². The second kappa shape index (κ2) is 7.61. The van der Waals surface area contributed by atoms with E-state index < -0.39 is 6.09 Å². The summed E-state index contributed by atoms with van der Waals surface area (Å²) < 4.78 is 15.7. The molecule has 2 aromatic carbocycles. The number of thioether (sulfide) groups is 1. The fraction of sp³-hybridized carbons (Fsp3) is 0.188. The maximum atomic E-state index is 12.1. The van der Waals surface area contributed by atoms with Gasteiger partial charge in [0, 0.05) is 10.6 Å². The number of rotatable bonds is 5. The van der Waals surface area contributed by atoms with Gasteiger partial charge in [0.05, 0.1) is 14.2 Å². The van der Waals surface area contributed by atoms with Crippen LogP contribution in [-0.4, -0.2) is 26.6 Å². The van der Waals surface area contributed by atoms with E-state index in [0.717, 1.165) is 4.90 Å². The van der Waals surface area contributed by atoms with Crippen molar-refractivity contribution in [1.29, 1.82) is 0 Å². The molecule has 0 saturated carbocycles. The summed E-state index contributed by atoms with van der Waals surface area (Å²) in [6, 6.07) is 12.6. The highest BCUT2D eigenvalue weighted by Crippen LogP contribution is 2.37. The van der Waals surface area contributed by atoms with Gasteiger partial charge in [-0.05, 0) is 36.6 Å². The van der Waals surface area contributed by atoms with Gasteiger partial charge in [0.1, 0.15) is 0 Å². The molecule has 116 valence electrons. The van der Waals surface area contributed by atoms with E-state index in [-0.39, 0.29) is 5.75 Å². The molecule has 0 aliphatic carbocycles. The van der Waals surface area contributed by atoms with E-state index in [2.05, 4.69) is 5.32 Å². The van der Waals surface area contributed by atoms with Crippen molar-refractivity contribution < 1.29 is 19.0 Å². The standard InChI is InChI=1S/C16H17NO4S/c1-19-13-8-5-9-14(20-2)15(13)21-16(18)17-11-6-4-7-12(10-11)22-3/h4-10H,1-3H3,(H,17,18). The van der Waals surface area contributed by atoms with Crippen LogP contribution in [0.2, 0.25) is 0 Å². The maximum Gasteiger partial charge on any atom is 0.417 e. The summed E-state index contributed by atoms with van der Waals surface area (Å²) in [4.78, 5) is 13.1. The second-order valence-corrected chi connectivity index (χ2v) is 5.12. The number of amides is 1. The van der Waals surface area contributed by atoms with Crippen LogP contribution >= 0.6 is 11.8 Å². The minimum Gasteiger partial charge on any atom is -0.493 e. The zero-order valence-electron chi connectivity index (χ0n) is 12.6. The average Bonchev–Trinajstić information content (AvgIpc) is 2.55. The van der Waals surface area contributed by atoms with E-state index in [4.69, 9.17) is 14.2 Å². The predicted octanol–water partition coefficient (Wildman–Crippen LogP) is 4.04. The molecule has 22 heavy (non-hydrogen) atoms. The molecule has 0 heterocycles. The van der Waals surface area contributed by atoms with Gasteiger partial charge in [-0.1, -0.05) is 12.1 Å². The van der Waals surface area contributed by atoms with Crippen molar-refractivity contribution in [3.05, 3.63) is 42.5 Å². The van der Waals surface area contributed by atoms with E-state index in [1.165, 1.54) is 14.2 Å². The van der Waals surface area contributed by atoms with Crippen LogP contribution in [0.5, 0.6) is 17.2 Å². The van der Waals surface area contributed by atoms with E-state index in [1.54, 1.807) is 36.0 Å². The second-order valence-electron chi connectivity index (χ2n) is 4.24. The molecule has 1 N–H and O–H groups in total. The Morgan fingerprint density at radius 2 is 1.68 bits per heavy atom. The van der Waals surface area contributed by atoms with Gasteiger partial charge >= 0.3 is 6.09 Å². The minimum absolute atomic E-state index is 0.242. The molecule has 0 aromatic heterocycles. The third kappa shape index (κ3) is 3.85. The number of hydrogen-bond acceptors (Lipinski definition) is 5. The largest absolute Gasteiger partial charge is 0.493 e. The van der Waals surface area contributed by atoms with Crippen LogP contribution in [0.4, 0.5) is 10.5 Å². The van der Waals surface area contributed by atoms with Crippen LogP contribution in [0.1, 0.15) is 0 Å². The first-order chi connectivity index (χ1) is 10.7. The molecule has 5 nitrogen and oxygen atoms in total. The lowest BCUT2D eigenvalue weighted by Crippen LogP contribution is -2.17. The van der Waals surface area contributed by atoms with Crippen molar-refractivity contribution in [2.75, 3.05) is 25.8 Å². The normalized spacial score (nSPS) is 9.95. The van der Waals surface area contributed by atoms with Crippen LogP contribution in [0.3, 0.4) is 0 Å². The van der Waals surface area contributed by atoms with Crippen LogP contribution in [0.15, 0.2) is 47.4 Å². The quantitative estimate of drug-likeness (QED) is 0.843. The molecule has 0 spiro atoms. The first kappa shape index (κ1) is 16.0. The molecule has 0 unspecified atom stereocenters. The summed E-state index contributed by atoms with van der Waals surface area (Å²) in [6.07, 6.45) is 1.36. The fourth-order valence-corrected chi connectivity index (χ4v) is 2.31. The third-order valence-corrected chi connectivity index (χ3v) is 3.62. The van der Waals surface area contributed by atoms with Crippen molar-refractivity contribution in [1.82, 2.24) is 0 Å². The van der Waals surface area contributed by atoms with Gasteiger partial charge in [-0.15, -0.1) is 11.8 Å². The molecule has 0 aliphatic rings. The fourth-order valence-electron chi connectivity index (χ4n) is 1.85. The Balaban J connectivity index is 2.15. The van der Waals surface area contributed by atoms with Gasteiger partial charge < -0.3 is 14.2 Å². The van der Waals surface area contributed by atoms with Crippen molar-refractivity contribution in [3.63, 3.8) is 0 Å². The lowest BCUT2D eigenvalue weighted by atomic mass is 10.3. The predicted molar refractivity (Wildman–Crippen MR) is 87.4 cm³/mol. The van der Waals surface area contributed by atoms with E-state index in [1.807, 2.05) is 24.5 Å². The highest BCUT2D eigenvalue weighted by Gasteiger charge is 2.15. The number of nitrogens with one attached hydrogen (secondary N) is 1. The Hall–Kier alpha value is -2.34. The highest BCUT2D eigenvalue weighted by molar-refractivity contribution is 7.98. The average molecular weight is 319 g/mol. The molecule has 1 amide bonds. The molecule has 2 aromatic rings. The molecule has 0 radical (unpaired) electrons. The molecule has 0 fully saturated rings. The van der Waals surface area contributed by atoms with Crippen molar-refractivity contribution in [2.24, 2.45) is 0 Å². The number of hydrogen-bond donors (Lipinski definition) is 1. The first-order valence-corrected chi connectivity index (χ1v) is 7.74. The summed E-state index contributed by atoms with van der Waals surface area (Å²) >= 11 is 1.59. The van der Waals surface area contributed by atoms with Gasteiger partial charge in [0.2, 0.25) is 5.75 Å². The van der Waals surface area contributed by atoms with Crippen molar-refractivity contribution in [2.45, 2.75) is 4.90 Å². The third-order valence-electron chi connectivity index (χ3n) is 2.89. The van der Waals surface area contributed by atoms with Gasteiger partial charge in [-0.3, -0.25) is 5.32 Å². The highest BCUT2D eigenvalue weighted by atomic mass is 32.2. The SMILES string of the molecule is COc1cccc(OC)c1OC(=O)Nc1cccc(SC)c1. The zero-order chi connectivity index (χ0) is 15.9. The number of para-hydroxylation sites is 1. The van der Waals surface area contributed by atoms with E-state index >= 15 is 0 Å². The molecule has 2 rings (SSSR count). The zero-order valence-corrected chi connectivity index (χ0v) is 13.4. The van der Waals surface area contributed by atoms with Gasteiger partial charge in [-0.2, -0.15) is 0 Å². The molecule has 0 aliphatic heterocycles. The molecular weight excluding hydrogens is 302 g/mol. The molecule has 0 atom stereocenters. The Kier molecular flexibility index (Phi) is 5.55. The summed E-state index contributed by atoms with van der Waals surface area (Å²) in [5, 5.41) is 2.68.